The lowest BCUT2D eigenvalue weighted by Gasteiger charge is -2.17. The molecular weight excluding hydrogens is 362 g/mol. The average molecular weight is 385 g/mol. The van der Waals surface area contributed by atoms with E-state index in [1.165, 1.54) is 4.90 Å². The molecule has 148 valence electrons. The van der Waals surface area contributed by atoms with E-state index < -0.39 is 11.9 Å². The number of likely N-dealkylation sites (N-methyl/N-ethyl adjacent to an activating group) is 1. The second-order valence-corrected chi connectivity index (χ2v) is 6.75. The Bertz CT molecular complexity index is 892. The smallest absolute Gasteiger partial charge is 0.259 e. The molecule has 1 atom stereocenters. The highest BCUT2D eigenvalue weighted by atomic mass is 16.5. The van der Waals surface area contributed by atoms with Gasteiger partial charge in [0.25, 0.3) is 11.8 Å². The fourth-order valence-corrected chi connectivity index (χ4v) is 2.90. The van der Waals surface area contributed by atoms with Crippen LogP contribution >= 0.6 is 0 Å². The van der Waals surface area contributed by atoms with E-state index in [4.69, 9.17) is 4.74 Å². The first kappa shape index (κ1) is 19.4. The predicted molar refractivity (Wildman–Crippen MR) is 102 cm³/mol. The van der Waals surface area contributed by atoms with Crippen LogP contribution in [0.3, 0.4) is 0 Å². The number of para-hydroxylation sites is 1. The third-order valence-corrected chi connectivity index (χ3v) is 4.50. The molecule has 1 aromatic carbocycles. The number of nitrogens with zero attached hydrogens (tertiary/aromatic N) is 4. The lowest BCUT2D eigenvalue weighted by atomic mass is 10.1. The van der Waals surface area contributed by atoms with Crippen molar-refractivity contribution in [2.24, 2.45) is 7.05 Å². The van der Waals surface area contributed by atoms with Crippen molar-refractivity contribution in [3.63, 3.8) is 0 Å². The van der Waals surface area contributed by atoms with Crippen molar-refractivity contribution in [3.05, 3.63) is 42.2 Å². The molecule has 3 amide bonds. The zero-order valence-electron chi connectivity index (χ0n) is 16.1. The number of benzene rings is 1. The average Bonchev–Trinajstić information content (AvgIpc) is 3.25. The SMILES string of the molecule is CN(C)C(=O)COc1ccccc1C(=O)NC1CCN(c2cnn(C)c2)C1=O. The maximum Gasteiger partial charge on any atom is 0.259 e. The van der Waals surface area contributed by atoms with Crippen LogP contribution in [0.5, 0.6) is 5.75 Å². The normalized spacial score (nSPS) is 16.2. The molecular formula is C19H23N5O4. The maximum atomic E-state index is 12.7. The number of anilines is 1. The van der Waals surface area contributed by atoms with Crippen LogP contribution in [0.4, 0.5) is 5.69 Å². The number of hydrogen-bond acceptors (Lipinski definition) is 5. The number of nitrogens with one attached hydrogen (secondary N) is 1. The minimum atomic E-state index is -0.621. The number of hydrogen-bond donors (Lipinski definition) is 1. The molecule has 0 aliphatic carbocycles. The Morgan fingerprint density at radius 2 is 2.07 bits per heavy atom. The molecule has 0 spiro atoms. The zero-order valence-corrected chi connectivity index (χ0v) is 16.1. The summed E-state index contributed by atoms with van der Waals surface area (Å²) >= 11 is 0. The molecule has 28 heavy (non-hydrogen) atoms. The van der Waals surface area contributed by atoms with Crippen molar-refractivity contribution in [2.45, 2.75) is 12.5 Å². The molecule has 1 aromatic heterocycles. The standard InChI is InChI=1S/C19H23N5O4/c1-22(2)17(25)12-28-16-7-5-4-6-14(16)18(26)21-15-8-9-24(19(15)27)13-10-20-23(3)11-13/h4-7,10-11,15H,8-9,12H2,1-3H3,(H,21,26). The molecule has 0 saturated carbocycles. The Kier molecular flexibility index (Phi) is 5.62. The van der Waals surface area contributed by atoms with Gasteiger partial charge in [0.1, 0.15) is 11.8 Å². The van der Waals surface area contributed by atoms with Gasteiger partial charge in [-0.1, -0.05) is 12.1 Å². The van der Waals surface area contributed by atoms with Gasteiger partial charge < -0.3 is 19.9 Å². The van der Waals surface area contributed by atoms with Crippen LogP contribution in [0.25, 0.3) is 0 Å². The topological polar surface area (TPSA) is 96.8 Å². The first-order valence-corrected chi connectivity index (χ1v) is 8.89. The van der Waals surface area contributed by atoms with Gasteiger partial charge in [-0.3, -0.25) is 19.1 Å². The Labute approximate surface area is 162 Å². The third-order valence-electron chi connectivity index (χ3n) is 4.50. The van der Waals surface area contributed by atoms with Crippen molar-refractivity contribution in [1.29, 1.82) is 0 Å². The van der Waals surface area contributed by atoms with Crippen molar-refractivity contribution in [1.82, 2.24) is 20.0 Å². The highest BCUT2D eigenvalue weighted by Crippen LogP contribution is 2.22. The third kappa shape index (κ3) is 4.13. The molecule has 1 saturated heterocycles. The predicted octanol–water partition coefficient (Wildman–Crippen LogP) is 0.422. The van der Waals surface area contributed by atoms with Crippen LogP contribution in [0.15, 0.2) is 36.7 Å². The van der Waals surface area contributed by atoms with E-state index in [-0.39, 0.29) is 24.0 Å². The Morgan fingerprint density at radius 1 is 1.32 bits per heavy atom. The summed E-state index contributed by atoms with van der Waals surface area (Å²) in [6.07, 6.45) is 3.88. The largest absolute Gasteiger partial charge is 0.483 e. The number of carbonyl (C=O) groups excluding carboxylic acids is 3. The second-order valence-electron chi connectivity index (χ2n) is 6.75. The van der Waals surface area contributed by atoms with Crippen LogP contribution in [-0.4, -0.2) is 65.7 Å². The minimum absolute atomic E-state index is 0.172. The van der Waals surface area contributed by atoms with Crippen LogP contribution < -0.4 is 15.0 Å². The fourth-order valence-electron chi connectivity index (χ4n) is 2.90. The van der Waals surface area contributed by atoms with Crippen LogP contribution in [-0.2, 0) is 16.6 Å². The Balaban J connectivity index is 1.67. The molecule has 1 N–H and O–H groups in total. The van der Waals surface area contributed by atoms with Gasteiger partial charge >= 0.3 is 0 Å². The fraction of sp³-hybridized carbons (Fsp3) is 0.368. The van der Waals surface area contributed by atoms with E-state index in [1.54, 1.807) is 67.4 Å². The lowest BCUT2D eigenvalue weighted by Crippen LogP contribution is -2.41. The van der Waals surface area contributed by atoms with Gasteiger partial charge in [-0.25, -0.2) is 0 Å². The molecule has 2 aromatic rings. The number of aryl methyl sites for hydroxylation is 1. The summed E-state index contributed by atoms with van der Waals surface area (Å²) in [6, 6.07) is 6.02. The molecule has 3 rings (SSSR count). The summed E-state index contributed by atoms with van der Waals surface area (Å²) in [5.74, 6) is -0.514. The molecule has 9 heteroatoms. The molecule has 1 aliphatic rings. The molecule has 1 aliphatic heterocycles. The van der Waals surface area contributed by atoms with Gasteiger partial charge in [-0.15, -0.1) is 0 Å². The van der Waals surface area contributed by atoms with Gasteiger partial charge in [-0.2, -0.15) is 5.10 Å². The minimum Gasteiger partial charge on any atom is -0.483 e. The van der Waals surface area contributed by atoms with Crippen LogP contribution in [0, 0.1) is 0 Å². The number of aromatic nitrogens is 2. The monoisotopic (exact) mass is 385 g/mol. The van der Waals surface area contributed by atoms with E-state index in [0.29, 0.717) is 24.4 Å². The molecule has 9 nitrogen and oxygen atoms in total. The van der Waals surface area contributed by atoms with Crippen molar-refractivity contribution in [3.8, 4) is 5.75 Å². The summed E-state index contributed by atoms with van der Waals surface area (Å²) in [5, 5.41) is 6.85. The number of carbonyl (C=O) groups is 3. The van der Waals surface area contributed by atoms with E-state index in [0.717, 1.165) is 0 Å². The van der Waals surface area contributed by atoms with E-state index >= 15 is 0 Å². The Hall–Kier alpha value is -3.36. The first-order chi connectivity index (χ1) is 13.4. The van der Waals surface area contributed by atoms with E-state index in [1.807, 2.05) is 0 Å². The van der Waals surface area contributed by atoms with E-state index in [9.17, 15) is 14.4 Å². The van der Waals surface area contributed by atoms with Gasteiger partial charge in [-0.05, 0) is 18.6 Å². The lowest BCUT2D eigenvalue weighted by molar-refractivity contribution is -0.130. The molecule has 2 heterocycles. The summed E-state index contributed by atoms with van der Waals surface area (Å²) in [7, 11) is 5.04. The van der Waals surface area contributed by atoms with Gasteiger partial charge in [0.15, 0.2) is 6.61 Å². The van der Waals surface area contributed by atoms with Gasteiger partial charge in [0, 0.05) is 33.9 Å². The molecule has 1 unspecified atom stereocenters. The molecule has 0 bridgehead atoms. The highest BCUT2D eigenvalue weighted by Gasteiger charge is 2.34. The van der Waals surface area contributed by atoms with Crippen LogP contribution in [0.2, 0.25) is 0 Å². The zero-order chi connectivity index (χ0) is 20.3. The number of amides is 3. The quantitative estimate of drug-likeness (QED) is 0.778. The summed E-state index contributed by atoms with van der Waals surface area (Å²) in [5.41, 5.74) is 0.983. The maximum absolute atomic E-state index is 12.7. The van der Waals surface area contributed by atoms with Crippen LogP contribution in [0.1, 0.15) is 16.8 Å². The highest BCUT2D eigenvalue weighted by molar-refractivity contribution is 6.04. The Morgan fingerprint density at radius 3 is 2.75 bits per heavy atom. The van der Waals surface area contributed by atoms with Crippen molar-refractivity contribution in [2.75, 3.05) is 32.1 Å². The van der Waals surface area contributed by atoms with E-state index in [2.05, 4.69) is 10.4 Å². The summed E-state index contributed by atoms with van der Waals surface area (Å²) in [4.78, 5) is 40.1. The van der Waals surface area contributed by atoms with Gasteiger partial charge in [0.05, 0.1) is 17.4 Å². The number of rotatable bonds is 6. The number of ether oxygens (including phenoxy) is 1. The van der Waals surface area contributed by atoms with Crippen molar-refractivity contribution < 1.29 is 19.1 Å². The molecule has 1 fully saturated rings. The second kappa shape index (κ2) is 8.12. The molecule has 0 radical (unpaired) electrons. The van der Waals surface area contributed by atoms with Crippen molar-refractivity contribution >= 4 is 23.4 Å². The van der Waals surface area contributed by atoms with Gasteiger partial charge in [0.2, 0.25) is 5.91 Å². The first-order valence-electron chi connectivity index (χ1n) is 8.89. The summed E-state index contributed by atoms with van der Waals surface area (Å²) < 4.78 is 7.13. The summed E-state index contributed by atoms with van der Waals surface area (Å²) in [6.45, 7) is 0.333.